The van der Waals surface area contributed by atoms with Crippen molar-refractivity contribution in [2.24, 2.45) is 10.9 Å². The maximum Gasteiger partial charge on any atom is 0.210 e. The van der Waals surface area contributed by atoms with Crippen LogP contribution in [0.2, 0.25) is 0 Å². The molecule has 0 aromatic heterocycles. The van der Waals surface area contributed by atoms with Crippen LogP contribution in [0.5, 0.6) is 0 Å². The Morgan fingerprint density at radius 3 is 2.64 bits per heavy atom. The molecule has 1 rings (SSSR count). The molecular formula is C8H19N3O2S. The monoisotopic (exact) mass is 221 g/mol. The third-order valence-electron chi connectivity index (χ3n) is 2.68. The number of rotatable bonds is 4. The summed E-state index contributed by atoms with van der Waals surface area (Å²) < 4.78 is 21.6. The van der Waals surface area contributed by atoms with Crippen molar-refractivity contribution in [1.82, 2.24) is 4.90 Å². The van der Waals surface area contributed by atoms with Crippen LogP contribution in [-0.4, -0.2) is 44.7 Å². The lowest BCUT2D eigenvalue weighted by molar-refractivity contribution is 0.162. The van der Waals surface area contributed by atoms with Gasteiger partial charge in [0.1, 0.15) is 0 Å². The van der Waals surface area contributed by atoms with Crippen LogP contribution in [0.1, 0.15) is 19.3 Å². The van der Waals surface area contributed by atoms with Gasteiger partial charge in [0.2, 0.25) is 10.0 Å². The third kappa shape index (κ3) is 3.91. The van der Waals surface area contributed by atoms with Crippen molar-refractivity contribution in [2.75, 3.05) is 25.4 Å². The lowest BCUT2D eigenvalue weighted by Gasteiger charge is -2.34. The number of piperidine rings is 1. The fraction of sp³-hybridized carbons (Fsp3) is 1.00. The quantitative estimate of drug-likeness (QED) is 0.643. The number of likely N-dealkylation sites (tertiary alicyclic amines) is 1. The van der Waals surface area contributed by atoms with Crippen LogP contribution in [0.3, 0.4) is 0 Å². The smallest absolute Gasteiger partial charge is 0.210 e. The first-order chi connectivity index (χ1) is 6.53. The van der Waals surface area contributed by atoms with Crippen molar-refractivity contribution in [3.63, 3.8) is 0 Å². The molecule has 1 unspecified atom stereocenters. The summed E-state index contributed by atoms with van der Waals surface area (Å²) in [5.41, 5.74) is 5.61. The van der Waals surface area contributed by atoms with Crippen molar-refractivity contribution in [3.8, 4) is 0 Å². The van der Waals surface area contributed by atoms with E-state index in [-0.39, 0.29) is 5.75 Å². The van der Waals surface area contributed by atoms with Crippen LogP contribution in [0.25, 0.3) is 0 Å². The second-order valence-electron chi connectivity index (χ2n) is 3.79. The van der Waals surface area contributed by atoms with Gasteiger partial charge in [-0.05, 0) is 19.4 Å². The molecule has 0 aromatic carbocycles. The Hall–Kier alpha value is -0.170. The Labute approximate surface area is 85.5 Å². The molecule has 6 heteroatoms. The predicted molar refractivity (Wildman–Crippen MR) is 56.2 cm³/mol. The van der Waals surface area contributed by atoms with Crippen LogP contribution in [-0.2, 0) is 10.0 Å². The third-order valence-corrected chi connectivity index (χ3v) is 3.44. The molecule has 0 bridgehead atoms. The van der Waals surface area contributed by atoms with Crippen molar-refractivity contribution >= 4 is 10.0 Å². The molecule has 0 aliphatic carbocycles. The van der Waals surface area contributed by atoms with Gasteiger partial charge in [-0.1, -0.05) is 6.42 Å². The molecule has 4 N–H and O–H groups in total. The van der Waals surface area contributed by atoms with Crippen molar-refractivity contribution in [2.45, 2.75) is 25.3 Å². The zero-order chi connectivity index (χ0) is 10.6. The summed E-state index contributed by atoms with van der Waals surface area (Å²) in [6.45, 7) is 2.06. The van der Waals surface area contributed by atoms with Crippen LogP contribution in [0, 0.1) is 0 Å². The molecule has 1 saturated heterocycles. The van der Waals surface area contributed by atoms with Crippen molar-refractivity contribution in [1.29, 1.82) is 0 Å². The highest BCUT2D eigenvalue weighted by Gasteiger charge is 2.21. The van der Waals surface area contributed by atoms with Gasteiger partial charge in [-0.3, -0.25) is 4.90 Å². The molecule has 0 amide bonds. The maximum absolute atomic E-state index is 10.8. The Morgan fingerprint density at radius 1 is 1.36 bits per heavy atom. The highest BCUT2D eigenvalue weighted by molar-refractivity contribution is 7.89. The minimum Gasteiger partial charge on any atom is -0.329 e. The average molecular weight is 221 g/mol. The minimum atomic E-state index is -3.34. The van der Waals surface area contributed by atoms with E-state index in [0.717, 1.165) is 19.4 Å². The van der Waals surface area contributed by atoms with Crippen LogP contribution < -0.4 is 10.9 Å². The Kier molecular flexibility index (Phi) is 4.31. The molecule has 1 aliphatic rings. The van der Waals surface area contributed by atoms with Gasteiger partial charge in [-0.2, -0.15) is 0 Å². The van der Waals surface area contributed by atoms with Gasteiger partial charge in [-0.15, -0.1) is 0 Å². The van der Waals surface area contributed by atoms with Gasteiger partial charge in [0.05, 0.1) is 5.75 Å². The second-order valence-corrected chi connectivity index (χ2v) is 5.52. The molecule has 0 aromatic rings. The number of hydrogen-bond acceptors (Lipinski definition) is 4. The second kappa shape index (κ2) is 5.06. The number of primary sulfonamides is 1. The SMILES string of the molecule is NCC1CCCCN1CCS(N)(=O)=O. The van der Waals surface area contributed by atoms with E-state index < -0.39 is 10.0 Å². The first-order valence-electron chi connectivity index (χ1n) is 4.97. The fourth-order valence-electron chi connectivity index (χ4n) is 1.87. The molecular weight excluding hydrogens is 202 g/mol. The summed E-state index contributed by atoms with van der Waals surface area (Å²) in [6, 6.07) is 0.338. The molecule has 0 radical (unpaired) electrons. The van der Waals surface area contributed by atoms with E-state index >= 15 is 0 Å². The number of sulfonamides is 1. The van der Waals surface area contributed by atoms with Crippen molar-refractivity contribution < 1.29 is 8.42 Å². The average Bonchev–Trinajstić information content (AvgIpc) is 2.14. The first-order valence-corrected chi connectivity index (χ1v) is 6.69. The van der Waals surface area contributed by atoms with E-state index in [1.54, 1.807) is 0 Å². The standard InChI is InChI=1S/C8H19N3O2S/c9-7-8-3-1-2-4-11(8)5-6-14(10,12)13/h8H,1-7,9H2,(H2,10,12,13). The van der Waals surface area contributed by atoms with Gasteiger partial charge in [0.15, 0.2) is 0 Å². The van der Waals surface area contributed by atoms with Gasteiger partial charge in [0, 0.05) is 19.1 Å². The number of nitrogens with two attached hydrogens (primary N) is 2. The zero-order valence-electron chi connectivity index (χ0n) is 8.35. The van der Waals surface area contributed by atoms with Gasteiger partial charge >= 0.3 is 0 Å². The summed E-state index contributed by atoms with van der Waals surface area (Å²) in [5.74, 6) is 0.0312. The largest absolute Gasteiger partial charge is 0.329 e. The summed E-state index contributed by atoms with van der Waals surface area (Å²) in [5, 5.41) is 4.95. The molecule has 1 fully saturated rings. The molecule has 1 atom stereocenters. The molecule has 0 saturated carbocycles. The van der Waals surface area contributed by atoms with E-state index in [9.17, 15) is 8.42 Å². The predicted octanol–water partition coefficient (Wildman–Crippen LogP) is -0.912. The maximum atomic E-state index is 10.8. The first kappa shape index (κ1) is 11.9. The molecule has 0 spiro atoms. The molecule has 1 aliphatic heterocycles. The highest BCUT2D eigenvalue weighted by Crippen LogP contribution is 2.15. The summed E-state index contributed by atoms with van der Waals surface area (Å²) >= 11 is 0. The van der Waals surface area contributed by atoms with Crippen LogP contribution >= 0.6 is 0 Å². The summed E-state index contributed by atoms with van der Waals surface area (Å²) in [4.78, 5) is 2.13. The van der Waals surface area contributed by atoms with Gasteiger partial charge < -0.3 is 5.73 Å². The molecule has 1 heterocycles. The van der Waals surface area contributed by atoms with E-state index in [0.29, 0.717) is 19.1 Å². The molecule has 84 valence electrons. The Bertz CT molecular complexity index is 266. The lowest BCUT2D eigenvalue weighted by atomic mass is 10.0. The topological polar surface area (TPSA) is 89.4 Å². The summed E-state index contributed by atoms with van der Waals surface area (Å²) in [7, 11) is -3.34. The van der Waals surface area contributed by atoms with Crippen molar-refractivity contribution in [3.05, 3.63) is 0 Å². The Morgan fingerprint density at radius 2 is 2.07 bits per heavy atom. The minimum absolute atomic E-state index is 0.0312. The molecule has 14 heavy (non-hydrogen) atoms. The Balaban J connectivity index is 2.41. The highest BCUT2D eigenvalue weighted by atomic mass is 32.2. The number of hydrogen-bond donors (Lipinski definition) is 2. The fourth-order valence-corrected chi connectivity index (χ4v) is 2.35. The zero-order valence-corrected chi connectivity index (χ0v) is 9.17. The summed E-state index contributed by atoms with van der Waals surface area (Å²) in [6.07, 6.45) is 3.38. The number of nitrogens with zero attached hydrogens (tertiary/aromatic N) is 1. The van der Waals surface area contributed by atoms with Gasteiger partial charge in [0.25, 0.3) is 0 Å². The van der Waals surface area contributed by atoms with E-state index in [1.807, 2.05) is 0 Å². The van der Waals surface area contributed by atoms with Crippen LogP contribution in [0.15, 0.2) is 0 Å². The normalized spacial score (nSPS) is 25.1. The molecule has 5 nitrogen and oxygen atoms in total. The lowest BCUT2D eigenvalue weighted by Crippen LogP contribution is -2.46. The van der Waals surface area contributed by atoms with E-state index in [2.05, 4.69) is 4.90 Å². The van der Waals surface area contributed by atoms with E-state index in [4.69, 9.17) is 10.9 Å². The van der Waals surface area contributed by atoms with E-state index in [1.165, 1.54) is 6.42 Å². The van der Waals surface area contributed by atoms with Gasteiger partial charge in [-0.25, -0.2) is 13.6 Å². The van der Waals surface area contributed by atoms with Crippen LogP contribution in [0.4, 0.5) is 0 Å².